The number of fused-ring (bicyclic) bond motifs is 4. The van der Waals surface area contributed by atoms with Gasteiger partial charge >= 0.3 is 6.09 Å². The van der Waals surface area contributed by atoms with Gasteiger partial charge in [-0.3, -0.25) is 14.7 Å². The van der Waals surface area contributed by atoms with E-state index in [4.69, 9.17) is 4.74 Å². The van der Waals surface area contributed by atoms with Gasteiger partial charge in [0.15, 0.2) is 0 Å². The van der Waals surface area contributed by atoms with E-state index in [-0.39, 0.29) is 5.91 Å². The Morgan fingerprint density at radius 3 is 2.74 bits per heavy atom. The summed E-state index contributed by atoms with van der Waals surface area (Å²) in [5.41, 5.74) is 1.75. The summed E-state index contributed by atoms with van der Waals surface area (Å²) in [6, 6.07) is 6.93. The number of hydrogen-bond acceptors (Lipinski definition) is 5. The summed E-state index contributed by atoms with van der Waals surface area (Å²) < 4.78 is 19.5. The summed E-state index contributed by atoms with van der Waals surface area (Å²) in [6.07, 6.45) is 1.58. The Balaban J connectivity index is 2.04. The van der Waals surface area contributed by atoms with Crippen molar-refractivity contribution in [2.75, 3.05) is 18.9 Å². The van der Waals surface area contributed by atoms with Crippen LogP contribution in [0.3, 0.4) is 0 Å². The number of amides is 2. The number of nitrogens with zero attached hydrogens (tertiary/aromatic N) is 2. The smallest absolute Gasteiger partial charge is 0.408 e. The molecular formula is C23H29FN4O3. The first kappa shape index (κ1) is 22.7. The van der Waals surface area contributed by atoms with E-state index in [1.807, 2.05) is 11.9 Å². The zero-order valence-electron chi connectivity index (χ0n) is 18.5. The van der Waals surface area contributed by atoms with Gasteiger partial charge in [0.1, 0.15) is 11.4 Å². The minimum Gasteiger partial charge on any atom is -0.444 e. The lowest BCUT2D eigenvalue weighted by Gasteiger charge is -2.28. The van der Waals surface area contributed by atoms with Crippen molar-refractivity contribution in [1.82, 2.24) is 15.2 Å². The van der Waals surface area contributed by atoms with Crippen molar-refractivity contribution in [3.63, 3.8) is 0 Å². The molecule has 0 spiro atoms. The quantitative estimate of drug-likeness (QED) is 0.714. The van der Waals surface area contributed by atoms with E-state index in [0.717, 1.165) is 0 Å². The number of carbonyl (C=O) groups is 2. The Morgan fingerprint density at radius 1 is 1.29 bits per heavy atom. The largest absolute Gasteiger partial charge is 0.444 e. The Bertz CT molecular complexity index is 974. The molecule has 1 aliphatic heterocycles. The highest BCUT2D eigenvalue weighted by atomic mass is 19.1. The maximum absolute atomic E-state index is 14.0. The van der Waals surface area contributed by atoms with Crippen molar-refractivity contribution in [2.45, 2.75) is 51.8 Å². The van der Waals surface area contributed by atoms with Crippen LogP contribution in [0.4, 0.5) is 14.9 Å². The molecule has 0 saturated heterocycles. The molecule has 2 heterocycles. The summed E-state index contributed by atoms with van der Waals surface area (Å²) in [5.74, 6) is -0.603. The van der Waals surface area contributed by atoms with Crippen molar-refractivity contribution in [3.8, 4) is 11.1 Å². The molecule has 1 aromatic carbocycles. The van der Waals surface area contributed by atoms with E-state index in [1.54, 1.807) is 52.1 Å². The van der Waals surface area contributed by atoms with Crippen LogP contribution in [-0.2, 0) is 9.53 Å². The average Bonchev–Trinajstić information content (AvgIpc) is 2.69. The maximum atomic E-state index is 14.0. The third kappa shape index (κ3) is 5.79. The minimum absolute atomic E-state index is 0.193. The van der Waals surface area contributed by atoms with Crippen LogP contribution in [0.5, 0.6) is 0 Å². The van der Waals surface area contributed by atoms with Crippen LogP contribution < -0.4 is 10.6 Å². The molecule has 0 fully saturated rings. The molecule has 2 atom stereocenters. The fraction of sp³-hybridized carbons (Fsp3) is 0.435. The number of carbonyl (C=O) groups excluding carboxylic acids is 2. The number of hydrogen-bond donors (Lipinski definition) is 2. The number of likely N-dealkylation sites (N-methyl/N-ethyl adjacent to an activating group) is 1. The molecule has 166 valence electrons. The SMILES string of the molecule is C[C@H]1C(=O)Nc2ccc(F)cc2-c2ccnc(c2)[C@@H](NC(=O)OC(C)(C)C)CCN1C. The lowest BCUT2D eigenvalue weighted by Crippen LogP contribution is -2.42. The first-order valence-electron chi connectivity index (χ1n) is 10.3. The van der Waals surface area contributed by atoms with Crippen molar-refractivity contribution in [1.29, 1.82) is 0 Å². The van der Waals surface area contributed by atoms with Gasteiger partial charge in [0, 0.05) is 24.0 Å². The molecule has 0 unspecified atom stereocenters. The molecule has 8 heteroatoms. The van der Waals surface area contributed by atoms with E-state index in [2.05, 4.69) is 15.6 Å². The predicted molar refractivity (Wildman–Crippen MR) is 117 cm³/mol. The lowest BCUT2D eigenvalue weighted by atomic mass is 10.00. The maximum Gasteiger partial charge on any atom is 0.408 e. The van der Waals surface area contributed by atoms with E-state index in [1.165, 1.54) is 12.1 Å². The monoisotopic (exact) mass is 428 g/mol. The van der Waals surface area contributed by atoms with Crippen molar-refractivity contribution >= 4 is 17.7 Å². The minimum atomic E-state index is -0.634. The molecule has 2 N–H and O–H groups in total. The number of aromatic nitrogens is 1. The fourth-order valence-electron chi connectivity index (χ4n) is 3.38. The van der Waals surface area contributed by atoms with Gasteiger partial charge in [-0.05, 0) is 77.1 Å². The van der Waals surface area contributed by atoms with Crippen molar-refractivity contribution in [2.24, 2.45) is 0 Å². The number of benzene rings is 1. The van der Waals surface area contributed by atoms with E-state index in [0.29, 0.717) is 35.5 Å². The van der Waals surface area contributed by atoms with Crippen LogP contribution in [0.2, 0.25) is 0 Å². The Hall–Kier alpha value is -3.00. The summed E-state index contributed by atoms with van der Waals surface area (Å²) in [5, 5.41) is 5.80. The average molecular weight is 429 g/mol. The molecule has 1 aromatic heterocycles. The summed E-state index contributed by atoms with van der Waals surface area (Å²) >= 11 is 0. The molecule has 0 saturated carbocycles. The number of nitrogens with one attached hydrogen (secondary N) is 2. The van der Waals surface area contributed by atoms with Gasteiger partial charge in [0.05, 0.1) is 17.8 Å². The third-order valence-electron chi connectivity index (χ3n) is 5.19. The highest BCUT2D eigenvalue weighted by molar-refractivity contribution is 5.98. The molecule has 1 aliphatic rings. The number of anilines is 1. The van der Waals surface area contributed by atoms with Crippen LogP contribution in [0, 0.1) is 5.82 Å². The first-order valence-corrected chi connectivity index (χ1v) is 10.3. The van der Waals surface area contributed by atoms with E-state index >= 15 is 0 Å². The number of rotatable bonds is 1. The van der Waals surface area contributed by atoms with Gasteiger partial charge in [0.2, 0.25) is 5.91 Å². The molecule has 7 nitrogen and oxygen atoms in total. The second-order valence-corrected chi connectivity index (χ2v) is 8.79. The topological polar surface area (TPSA) is 83.6 Å². The molecule has 0 radical (unpaired) electrons. The molecule has 31 heavy (non-hydrogen) atoms. The Kier molecular flexibility index (Phi) is 6.59. The molecular weight excluding hydrogens is 399 g/mol. The van der Waals surface area contributed by atoms with Crippen LogP contribution >= 0.6 is 0 Å². The summed E-state index contributed by atoms with van der Waals surface area (Å²) in [7, 11) is 1.84. The molecule has 2 bridgehead atoms. The highest BCUT2D eigenvalue weighted by Gasteiger charge is 2.25. The zero-order valence-corrected chi connectivity index (χ0v) is 18.5. The van der Waals surface area contributed by atoms with Gasteiger partial charge < -0.3 is 15.4 Å². The zero-order chi connectivity index (χ0) is 22.8. The highest BCUT2D eigenvalue weighted by Crippen LogP contribution is 2.31. The standard InChI is InChI=1S/C23H29FN4O3/c1-14-21(29)26-18-7-6-16(24)13-17(18)15-8-10-25-20(12-15)19(9-11-28(14)5)27-22(30)31-23(2,3)4/h6-8,10,12-14,19H,9,11H2,1-5H3,(H,26,29)(H,27,30)/t14-,19-/m0/s1. The predicted octanol–water partition coefficient (Wildman–Crippen LogP) is 4.12. The molecule has 2 aromatic rings. The first-order chi connectivity index (χ1) is 14.5. The normalized spacial score (nSPS) is 20.0. The number of halogens is 1. The summed E-state index contributed by atoms with van der Waals surface area (Å²) in [4.78, 5) is 31.6. The van der Waals surface area contributed by atoms with Crippen LogP contribution in [0.15, 0.2) is 36.5 Å². The van der Waals surface area contributed by atoms with Crippen LogP contribution in [-0.4, -0.2) is 47.1 Å². The molecule has 0 aliphatic carbocycles. The van der Waals surface area contributed by atoms with Crippen LogP contribution in [0.1, 0.15) is 45.9 Å². The third-order valence-corrected chi connectivity index (χ3v) is 5.19. The molecule has 2 amide bonds. The van der Waals surface area contributed by atoms with Gasteiger partial charge in [-0.2, -0.15) is 0 Å². The Labute approximate surface area is 182 Å². The second-order valence-electron chi connectivity index (χ2n) is 8.79. The lowest BCUT2D eigenvalue weighted by molar-refractivity contribution is -0.120. The van der Waals surface area contributed by atoms with Crippen LogP contribution in [0.25, 0.3) is 11.1 Å². The molecule has 3 rings (SSSR count). The summed E-state index contributed by atoms with van der Waals surface area (Å²) in [6.45, 7) is 7.74. The van der Waals surface area contributed by atoms with Crippen molar-refractivity contribution in [3.05, 3.63) is 48.0 Å². The fourth-order valence-corrected chi connectivity index (χ4v) is 3.38. The van der Waals surface area contributed by atoms with E-state index in [9.17, 15) is 14.0 Å². The number of ether oxygens (including phenoxy) is 1. The number of pyridine rings is 1. The van der Waals surface area contributed by atoms with Crippen molar-refractivity contribution < 1.29 is 18.7 Å². The number of alkyl carbamates (subject to hydrolysis) is 1. The second kappa shape index (κ2) is 9.01. The van der Waals surface area contributed by atoms with Gasteiger partial charge in [-0.1, -0.05) is 0 Å². The van der Waals surface area contributed by atoms with Gasteiger partial charge in [-0.25, -0.2) is 9.18 Å². The Morgan fingerprint density at radius 2 is 2.03 bits per heavy atom. The van der Waals surface area contributed by atoms with Gasteiger partial charge in [-0.15, -0.1) is 0 Å². The van der Waals surface area contributed by atoms with Gasteiger partial charge in [0.25, 0.3) is 0 Å². The van der Waals surface area contributed by atoms with E-state index < -0.39 is 29.6 Å².